The van der Waals surface area contributed by atoms with Gasteiger partial charge in [0.15, 0.2) is 0 Å². The minimum atomic E-state index is -0.333. The van der Waals surface area contributed by atoms with Crippen molar-refractivity contribution in [2.45, 2.75) is 19.9 Å². The van der Waals surface area contributed by atoms with E-state index in [4.69, 9.17) is 5.26 Å². The number of rotatable bonds is 3. The number of carbonyl (C=O) groups is 1. The molecule has 0 aromatic heterocycles. The van der Waals surface area contributed by atoms with Crippen LogP contribution in [0.1, 0.15) is 24.1 Å². The third-order valence-corrected chi connectivity index (χ3v) is 2.97. The van der Waals surface area contributed by atoms with Crippen LogP contribution in [0.15, 0.2) is 18.2 Å². The lowest BCUT2D eigenvalue weighted by atomic mass is 10.0. The molecular weight excluding hydrogens is 214 g/mol. The molecule has 4 nitrogen and oxygen atoms in total. The Kier molecular flexibility index (Phi) is 3.12. The molecule has 1 aromatic rings. The summed E-state index contributed by atoms with van der Waals surface area (Å²) in [7, 11) is 0. The molecular formula is C13H15N3O. The molecule has 1 aromatic carbocycles. The van der Waals surface area contributed by atoms with Gasteiger partial charge in [-0.15, -0.1) is 0 Å². The fourth-order valence-corrected chi connectivity index (χ4v) is 1.98. The summed E-state index contributed by atoms with van der Waals surface area (Å²) in [6, 6.07) is 7.66. The summed E-state index contributed by atoms with van der Waals surface area (Å²) in [6.45, 7) is 4.32. The van der Waals surface area contributed by atoms with Gasteiger partial charge in [-0.3, -0.25) is 4.79 Å². The number of fused-ring (bicyclic) bond motifs is 1. The second-order valence-corrected chi connectivity index (χ2v) is 4.40. The van der Waals surface area contributed by atoms with Crippen molar-refractivity contribution in [2.75, 3.05) is 11.9 Å². The Balaban J connectivity index is 2.18. The van der Waals surface area contributed by atoms with Crippen molar-refractivity contribution in [1.82, 2.24) is 5.32 Å². The van der Waals surface area contributed by atoms with E-state index in [0.29, 0.717) is 6.54 Å². The molecule has 0 spiro atoms. The fourth-order valence-electron chi connectivity index (χ4n) is 1.98. The number of benzene rings is 1. The van der Waals surface area contributed by atoms with Crippen LogP contribution in [0.4, 0.5) is 5.69 Å². The van der Waals surface area contributed by atoms with Crippen LogP contribution in [0, 0.1) is 24.2 Å². The molecule has 1 amide bonds. The van der Waals surface area contributed by atoms with Crippen LogP contribution in [0.5, 0.6) is 0 Å². The largest absolute Gasteiger partial charge is 0.324 e. The van der Waals surface area contributed by atoms with Crippen LogP contribution >= 0.6 is 0 Å². The lowest BCUT2D eigenvalue weighted by Gasteiger charge is -2.12. The van der Waals surface area contributed by atoms with Crippen molar-refractivity contribution in [3.63, 3.8) is 0 Å². The Labute approximate surface area is 101 Å². The fraction of sp³-hybridized carbons (Fsp3) is 0.385. The van der Waals surface area contributed by atoms with Gasteiger partial charge in [-0.05, 0) is 19.4 Å². The predicted octanol–water partition coefficient (Wildman–Crippen LogP) is 1.74. The number of hydrogen-bond donors (Lipinski definition) is 2. The quantitative estimate of drug-likeness (QED) is 0.829. The van der Waals surface area contributed by atoms with E-state index in [2.05, 4.69) is 16.7 Å². The van der Waals surface area contributed by atoms with Crippen LogP contribution in [0.25, 0.3) is 0 Å². The predicted molar refractivity (Wildman–Crippen MR) is 65.3 cm³/mol. The normalized spacial score (nSPS) is 19.4. The molecule has 2 rings (SSSR count). The Morgan fingerprint density at radius 1 is 1.59 bits per heavy atom. The van der Waals surface area contributed by atoms with Crippen LogP contribution in [0.3, 0.4) is 0 Å². The Hall–Kier alpha value is -1.86. The third kappa shape index (κ3) is 2.15. The maximum atomic E-state index is 11.8. The smallest absolute Gasteiger partial charge is 0.246 e. The molecule has 2 unspecified atom stereocenters. The third-order valence-electron chi connectivity index (χ3n) is 2.97. The Morgan fingerprint density at radius 3 is 3.06 bits per heavy atom. The van der Waals surface area contributed by atoms with Gasteiger partial charge in [0, 0.05) is 17.8 Å². The Morgan fingerprint density at radius 2 is 2.35 bits per heavy atom. The summed E-state index contributed by atoms with van der Waals surface area (Å²) in [6.07, 6.45) is 0. The maximum absolute atomic E-state index is 11.8. The summed E-state index contributed by atoms with van der Waals surface area (Å²) in [5.74, 6) is -0.143. The zero-order valence-electron chi connectivity index (χ0n) is 9.95. The van der Waals surface area contributed by atoms with Crippen LogP contribution < -0.4 is 10.6 Å². The first-order valence-corrected chi connectivity index (χ1v) is 5.67. The first kappa shape index (κ1) is 11.6. The van der Waals surface area contributed by atoms with Crippen LogP contribution in [-0.4, -0.2) is 12.5 Å². The molecule has 2 N–H and O–H groups in total. The van der Waals surface area contributed by atoms with E-state index in [1.807, 2.05) is 32.0 Å². The molecule has 1 heterocycles. The summed E-state index contributed by atoms with van der Waals surface area (Å²) in [5, 5.41) is 14.7. The monoisotopic (exact) mass is 229 g/mol. The molecule has 0 radical (unpaired) electrons. The number of hydrogen-bond acceptors (Lipinski definition) is 3. The van der Waals surface area contributed by atoms with Gasteiger partial charge in [0.25, 0.3) is 0 Å². The molecule has 1 aliphatic heterocycles. The van der Waals surface area contributed by atoms with E-state index in [1.54, 1.807) is 0 Å². The van der Waals surface area contributed by atoms with Crippen molar-refractivity contribution in [3.05, 3.63) is 29.3 Å². The summed E-state index contributed by atoms with van der Waals surface area (Å²) in [4.78, 5) is 11.8. The molecule has 1 aliphatic rings. The molecule has 2 atom stereocenters. The van der Waals surface area contributed by atoms with Crippen molar-refractivity contribution in [2.24, 2.45) is 5.92 Å². The topological polar surface area (TPSA) is 64.9 Å². The van der Waals surface area contributed by atoms with Crippen LogP contribution in [-0.2, 0) is 4.79 Å². The molecule has 0 bridgehead atoms. The highest BCUT2D eigenvalue weighted by Crippen LogP contribution is 2.33. The highest BCUT2D eigenvalue weighted by atomic mass is 16.2. The summed E-state index contributed by atoms with van der Waals surface area (Å²) in [5.41, 5.74) is 2.94. The number of anilines is 1. The van der Waals surface area contributed by atoms with Crippen LogP contribution in [0.2, 0.25) is 0 Å². The average Bonchev–Trinajstić information content (AvgIpc) is 2.64. The number of nitriles is 1. The van der Waals surface area contributed by atoms with Crippen molar-refractivity contribution in [3.8, 4) is 6.07 Å². The first-order valence-electron chi connectivity index (χ1n) is 5.67. The minimum absolute atomic E-state index is 0.0422. The van der Waals surface area contributed by atoms with E-state index in [9.17, 15) is 4.79 Å². The lowest BCUT2D eigenvalue weighted by Crippen LogP contribution is -2.30. The van der Waals surface area contributed by atoms with Crippen molar-refractivity contribution >= 4 is 11.6 Å². The van der Waals surface area contributed by atoms with Crippen molar-refractivity contribution < 1.29 is 4.79 Å². The second kappa shape index (κ2) is 4.56. The summed E-state index contributed by atoms with van der Waals surface area (Å²) >= 11 is 0. The van der Waals surface area contributed by atoms with E-state index >= 15 is 0 Å². The number of aryl methyl sites for hydroxylation is 1. The highest BCUT2D eigenvalue weighted by molar-refractivity contribution is 6.03. The summed E-state index contributed by atoms with van der Waals surface area (Å²) < 4.78 is 0. The lowest BCUT2D eigenvalue weighted by molar-refractivity contribution is -0.117. The SMILES string of the molecule is Cc1cccc2c1NC(=O)C2NCC(C)C#N. The van der Waals surface area contributed by atoms with Gasteiger partial charge < -0.3 is 10.6 Å². The van der Waals surface area contributed by atoms with Gasteiger partial charge in [0.1, 0.15) is 6.04 Å². The van der Waals surface area contributed by atoms with Gasteiger partial charge in [-0.25, -0.2) is 0 Å². The second-order valence-electron chi connectivity index (χ2n) is 4.40. The number of carbonyl (C=O) groups excluding carboxylic acids is 1. The maximum Gasteiger partial charge on any atom is 0.246 e. The van der Waals surface area contributed by atoms with Gasteiger partial charge in [-0.2, -0.15) is 5.26 Å². The molecule has 4 heteroatoms. The highest BCUT2D eigenvalue weighted by Gasteiger charge is 2.30. The van der Waals surface area contributed by atoms with Gasteiger partial charge >= 0.3 is 0 Å². The molecule has 0 aliphatic carbocycles. The van der Waals surface area contributed by atoms with Crippen molar-refractivity contribution in [1.29, 1.82) is 5.26 Å². The zero-order valence-corrected chi connectivity index (χ0v) is 9.95. The average molecular weight is 229 g/mol. The Bertz CT molecular complexity index is 490. The zero-order chi connectivity index (χ0) is 12.4. The number of para-hydroxylation sites is 1. The molecule has 0 saturated carbocycles. The molecule has 0 saturated heterocycles. The van der Waals surface area contributed by atoms with E-state index in [1.165, 1.54) is 0 Å². The number of nitrogens with zero attached hydrogens (tertiary/aromatic N) is 1. The number of nitrogens with one attached hydrogen (secondary N) is 2. The van der Waals surface area contributed by atoms with Gasteiger partial charge in [0.2, 0.25) is 5.91 Å². The van der Waals surface area contributed by atoms with E-state index < -0.39 is 0 Å². The van der Waals surface area contributed by atoms with Gasteiger partial charge in [0.05, 0.1) is 12.0 Å². The first-order chi connectivity index (χ1) is 8.13. The standard InChI is InChI=1S/C13H15N3O/c1-8(6-14)7-15-12-10-5-3-4-9(2)11(10)16-13(12)17/h3-5,8,12,15H,7H2,1-2H3,(H,16,17). The number of amides is 1. The molecule has 17 heavy (non-hydrogen) atoms. The van der Waals surface area contributed by atoms with E-state index in [0.717, 1.165) is 16.8 Å². The minimum Gasteiger partial charge on any atom is -0.324 e. The van der Waals surface area contributed by atoms with E-state index in [-0.39, 0.29) is 17.9 Å². The molecule has 88 valence electrons. The van der Waals surface area contributed by atoms with Gasteiger partial charge in [-0.1, -0.05) is 18.2 Å². The molecule has 0 fully saturated rings.